The highest BCUT2D eigenvalue weighted by atomic mass is 16.2. The molecule has 1 heterocycles. The molecule has 0 saturated carbocycles. The fourth-order valence-electron chi connectivity index (χ4n) is 1.42. The number of hydrogen-bond acceptors (Lipinski definition) is 2. The van der Waals surface area contributed by atoms with Crippen LogP contribution in [0, 0.1) is 0 Å². The smallest absolute Gasteiger partial charge is 0.222 e. The summed E-state index contributed by atoms with van der Waals surface area (Å²) >= 11 is 0. The van der Waals surface area contributed by atoms with Gasteiger partial charge in [0.15, 0.2) is 0 Å². The Kier molecular flexibility index (Phi) is 2.68. The molecule has 0 aromatic carbocycles. The Morgan fingerprint density at radius 3 is 2.83 bits per heavy atom. The van der Waals surface area contributed by atoms with E-state index >= 15 is 0 Å². The van der Waals surface area contributed by atoms with Crippen molar-refractivity contribution in [3.8, 4) is 0 Å². The van der Waals surface area contributed by atoms with Gasteiger partial charge in [0, 0.05) is 33.0 Å². The SMILES string of the molecule is CC(=O)N[C@H]1CCC(=O)N(C)C1. The maximum absolute atomic E-state index is 11.0. The van der Waals surface area contributed by atoms with Crippen LogP contribution in [-0.4, -0.2) is 36.3 Å². The van der Waals surface area contributed by atoms with Gasteiger partial charge in [-0.3, -0.25) is 9.59 Å². The molecule has 1 aliphatic heterocycles. The van der Waals surface area contributed by atoms with Gasteiger partial charge in [-0.1, -0.05) is 0 Å². The Labute approximate surface area is 71.9 Å². The lowest BCUT2D eigenvalue weighted by molar-refractivity contribution is -0.133. The lowest BCUT2D eigenvalue weighted by atomic mass is 10.1. The van der Waals surface area contributed by atoms with Crippen molar-refractivity contribution in [3.63, 3.8) is 0 Å². The predicted molar refractivity (Wildman–Crippen MR) is 44.5 cm³/mol. The third-order valence-corrected chi connectivity index (χ3v) is 2.03. The second-order valence-electron chi connectivity index (χ2n) is 3.21. The number of carbonyl (C=O) groups is 2. The van der Waals surface area contributed by atoms with E-state index in [0.717, 1.165) is 6.42 Å². The summed E-state index contributed by atoms with van der Waals surface area (Å²) in [4.78, 5) is 23.4. The van der Waals surface area contributed by atoms with Crippen molar-refractivity contribution in [2.45, 2.75) is 25.8 Å². The summed E-state index contributed by atoms with van der Waals surface area (Å²) < 4.78 is 0. The minimum Gasteiger partial charge on any atom is -0.352 e. The van der Waals surface area contributed by atoms with Gasteiger partial charge in [0.05, 0.1) is 0 Å². The van der Waals surface area contributed by atoms with E-state index in [0.29, 0.717) is 13.0 Å². The zero-order valence-corrected chi connectivity index (χ0v) is 7.46. The molecule has 68 valence electrons. The van der Waals surface area contributed by atoms with Crippen molar-refractivity contribution < 1.29 is 9.59 Å². The molecule has 1 rings (SSSR count). The highest BCUT2D eigenvalue weighted by Gasteiger charge is 2.22. The number of rotatable bonds is 1. The van der Waals surface area contributed by atoms with Gasteiger partial charge in [-0.05, 0) is 6.42 Å². The predicted octanol–water partition coefficient (Wildman–Crippen LogP) is -0.257. The molecule has 1 saturated heterocycles. The van der Waals surface area contributed by atoms with Crippen molar-refractivity contribution in [2.24, 2.45) is 0 Å². The van der Waals surface area contributed by atoms with E-state index < -0.39 is 0 Å². The van der Waals surface area contributed by atoms with Crippen LogP contribution >= 0.6 is 0 Å². The Balaban J connectivity index is 2.40. The molecule has 0 radical (unpaired) electrons. The number of nitrogens with zero attached hydrogens (tertiary/aromatic N) is 1. The third-order valence-electron chi connectivity index (χ3n) is 2.03. The lowest BCUT2D eigenvalue weighted by Gasteiger charge is -2.29. The number of nitrogens with one attached hydrogen (secondary N) is 1. The first-order valence-electron chi connectivity index (χ1n) is 4.10. The first-order valence-corrected chi connectivity index (χ1v) is 4.10. The molecule has 4 heteroatoms. The summed E-state index contributed by atoms with van der Waals surface area (Å²) in [5.74, 6) is 0.138. The van der Waals surface area contributed by atoms with Crippen LogP contribution in [0.5, 0.6) is 0 Å². The van der Waals surface area contributed by atoms with E-state index in [2.05, 4.69) is 5.32 Å². The van der Waals surface area contributed by atoms with Gasteiger partial charge in [0.25, 0.3) is 0 Å². The summed E-state index contributed by atoms with van der Waals surface area (Å²) in [7, 11) is 1.76. The number of piperidine rings is 1. The molecule has 12 heavy (non-hydrogen) atoms. The van der Waals surface area contributed by atoms with Gasteiger partial charge in [-0.2, -0.15) is 0 Å². The standard InChI is InChI=1S/C8H14N2O2/c1-6(11)9-7-3-4-8(12)10(2)5-7/h7H,3-5H2,1-2H3,(H,9,11)/t7-/m0/s1. The van der Waals surface area contributed by atoms with Crippen molar-refractivity contribution in [3.05, 3.63) is 0 Å². The van der Waals surface area contributed by atoms with Crippen molar-refractivity contribution in [1.29, 1.82) is 0 Å². The molecule has 1 N–H and O–H groups in total. The Morgan fingerprint density at radius 2 is 2.33 bits per heavy atom. The monoisotopic (exact) mass is 170 g/mol. The average molecular weight is 170 g/mol. The summed E-state index contributed by atoms with van der Waals surface area (Å²) in [6, 6.07) is 0.144. The number of carbonyl (C=O) groups excluding carboxylic acids is 2. The van der Waals surface area contributed by atoms with Crippen LogP contribution in [0.2, 0.25) is 0 Å². The summed E-state index contributed by atoms with van der Waals surface area (Å²) in [5, 5.41) is 2.80. The quantitative estimate of drug-likeness (QED) is 0.589. The van der Waals surface area contributed by atoms with E-state index in [-0.39, 0.29) is 17.9 Å². The number of likely N-dealkylation sites (tertiary alicyclic amines) is 1. The van der Waals surface area contributed by atoms with Gasteiger partial charge < -0.3 is 10.2 Å². The van der Waals surface area contributed by atoms with Crippen LogP contribution in [0.25, 0.3) is 0 Å². The number of hydrogen-bond donors (Lipinski definition) is 1. The largest absolute Gasteiger partial charge is 0.352 e. The van der Waals surface area contributed by atoms with E-state index in [4.69, 9.17) is 0 Å². The van der Waals surface area contributed by atoms with E-state index in [1.54, 1.807) is 11.9 Å². The van der Waals surface area contributed by atoms with Crippen molar-refractivity contribution in [2.75, 3.05) is 13.6 Å². The third kappa shape index (κ3) is 2.22. The fraction of sp³-hybridized carbons (Fsp3) is 0.750. The molecule has 0 unspecified atom stereocenters. The van der Waals surface area contributed by atoms with Crippen LogP contribution in [0.3, 0.4) is 0 Å². The highest BCUT2D eigenvalue weighted by molar-refractivity contribution is 5.78. The Hall–Kier alpha value is -1.06. The maximum atomic E-state index is 11.0. The normalized spacial score (nSPS) is 24.0. The number of likely N-dealkylation sites (N-methyl/N-ethyl adjacent to an activating group) is 1. The van der Waals surface area contributed by atoms with Crippen LogP contribution < -0.4 is 5.32 Å². The van der Waals surface area contributed by atoms with Gasteiger partial charge in [-0.25, -0.2) is 0 Å². The molecule has 4 nitrogen and oxygen atoms in total. The Morgan fingerprint density at radius 1 is 1.67 bits per heavy atom. The fourth-order valence-corrected chi connectivity index (χ4v) is 1.42. The number of amides is 2. The molecule has 1 aliphatic rings. The molecule has 0 aromatic rings. The van der Waals surface area contributed by atoms with E-state index in [1.165, 1.54) is 6.92 Å². The summed E-state index contributed by atoms with van der Waals surface area (Å²) in [5.41, 5.74) is 0. The minimum atomic E-state index is -0.0252. The van der Waals surface area contributed by atoms with E-state index in [1.807, 2.05) is 0 Å². The van der Waals surface area contributed by atoms with Crippen molar-refractivity contribution >= 4 is 11.8 Å². The molecule has 0 bridgehead atoms. The zero-order chi connectivity index (χ0) is 9.14. The van der Waals surface area contributed by atoms with E-state index in [9.17, 15) is 9.59 Å². The molecular weight excluding hydrogens is 156 g/mol. The van der Waals surface area contributed by atoms with Gasteiger partial charge in [-0.15, -0.1) is 0 Å². The Bertz CT molecular complexity index is 203. The van der Waals surface area contributed by atoms with Crippen LogP contribution in [0.1, 0.15) is 19.8 Å². The minimum absolute atomic E-state index is 0.0252. The van der Waals surface area contributed by atoms with Crippen LogP contribution in [-0.2, 0) is 9.59 Å². The lowest BCUT2D eigenvalue weighted by Crippen LogP contribution is -2.47. The molecule has 0 aromatic heterocycles. The second-order valence-corrected chi connectivity index (χ2v) is 3.21. The summed E-state index contributed by atoms with van der Waals surface area (Å²) in [6.07, 6.45) is 1.31. The second kappa shape index (κ2) is 3.56. The maximum Gasteiger partial charge on any atom is 0.222 e. The van der Waals surface area contributed by atoms with Crippen LogP contribution in [0.15, 0.2) is 0 Å². The van der Waals surface area contributed by atoms with Gasteiger partial charge >= 0.3 is 0 Å². The molecule has 2 amide bonds. The molecular formula is C8H14N2O2. The van der Waals surface area contributed by atoms with Gasteiger partial charge in [0.1, 0.15) is 0 Å². The first kappa shape index (κ1) is 9.03. The molecule has 1 fully saturated rings. The highest BCUT2D eigenvalue weighted by Crippen LogP contribution is 2.08. The first-order chi connectivity index (χ1) is 5.59. The molecule has 0 spiro atoms. The summed E-state index contributed by atoms with van der Waals surface area (Å²) in [6.45, 7) is 2.13. The molecule has 1 atom stereocenters. The molecule has 0 aliphatic carbocycles. The van der Waals surface area contributed by atoms with Gasteiger partial charge in [0.2, 0.25) is 11.8 Å². The van der Waals surface area contributed by atoms with Crippen LogP contribution in [0.4, 0.5) is 0 Å². The van der Waals surface area contributed by atoms with Crippen molar-refractivity contribution in [1.82, 2.24) is 10.2 Å². The zero-order valence-electron chi connectivity index (χ0n) is 7.46. The topological polar surface area (TPSA) is 49.4 Å². The average Bonchev–Trinajstić information content (AvgIpc) is 1.96.